The van der Waals surface area contributed by atoms with Crippen molar-refractivity contribution in [2.75, 3.05) is 6.54 Å². The molecule has 0 aromatic heterocycles. The van der Waals surface area contributed by atoms with Gasteiger partial charge in [0.15, 0.2) is 0 Å². The van der Waals surface area contributed by atoms with Crippen LogP contribution >= 0.6 is 0 Å². The maximum absolute atomic E-state index is 10.1. The van der Waals surface area contributed by atoms with Crippen molar-refractivity contribution in [2.24, 2.45) is 11.7 Å². The highest BCUT2D eigenvalue weighted by molar-refractivity contribution is 5.26. The molecule has 90 valence electrons. The van der Waals surface area contributed by atoms with E-state index < -0.39 is 6.10 Å². The molecule has 2 nitrogen and oxygen atoms in total. The Labute approximate surface area is 98.5 Å². The van der Waals surface area contributed by atoms with Crippen molar-refractivity contribution in [1.82, 2.24) is 0 Å². The summed E-state index contributed by atoms with van der Waals surface area (Å²) in [5, 5.41) is 10.1. The molecule has 1 rings (SSSR count). The van der Waals surface area contributed by atoms with Crippen LogP contribution in [-0.4, -0.2) is 11.7 Å². The van der Waals surface area contributed by atoms with Gasteiger partial charge in [-0.1, -0.05) is 45.0 Å². The number of hydrogen-bond acceptors (Lipinski definition) is 2. The molecule has 2 heteroatoms. The van der Waals surface area contributed by atoms with Crippen LogP contribution in [0.5, 0.6) is 0 Å². The Kier molecular flexibility index (Phi) is 4.97. The summed E-state index contributed by atoms with van der Waals surface area (Å²) in [4.78, 5) is 0. The first-order valence-corrected chi connectivity index (χ1v) is 6.08. The number of rotatable bonds is 5. The van der Waals surface area contributed by atoms with E-state index in [2.05, 4.69) is 32.9 Å². The van der Waals surface area contributed by atoms with Crippen LogP contribution in [0.1, 0.15) is 50.3 Å². The van der Waals surface area contributed by atoms with Gasteiger partial charge in [0.05, 0.1) is 6.10 Å². The summed E-state index contributed by atoms with van der Waals surface area (Å²) in [6.45, 7) is 6.92. The summed E-state index contributed by atoms with van der Waals surface area (Å²) in [5.41, 5.74) is 7.92. The van der Waals surface area contributed by atoms with Gasteiger partial charge in [-0.3, -0.25) is 0 Å². The van der Waals surface area contributed by atoms with Crippen molar-refractivity contribution in [1.29, 1.82) is 0 Å². The first-order valence-electron chi connectivity index (χ1n) is 6.08. The third-order valence-corrected chi connectivity index (χ3v) is 3.22. The molecular weight excluding hydrogens is 198 g/mol. The summed E-state index contributed by atoms with van der Waals surface area (Å²) in [6, 6.07) is 8.20. The van der Waals surface area contributed by atoms with Crippen LogP contribution in [0.3, 0.4) is 0 Å². The van der Waals surface area contributed by atoms with Gasteiger partial charge in [0, 0.05) is 5.92 Å². The van der Waals surface area contributed by atoms with E-state index in [1.165, 1.54) is 5.56 Å². The van der Waals surface area contributed by atoms with Gasteiger partial charge in [-0.25, -0.2) is 0 Å². The minimum atomic E-state index is -0.434. The smallest absolute Gasteiger partial charge is 0.0830 e. The van der Waals surface area contributed by atoms with E-state index in [0.29, 0.717) is 12.5 Å². The lowest BCUT2D eigenvalue weighted by molar-refractivity contribution is 0.110. The molecule has 0 aliphatic rings. The fourth-order valence-electron chi connectivity index (χ4n) is 1.87. The first-order chi connectivity index (χ1) is 7.60. The lowest BCUT2D eigenvalue weighted by Crippen LogP contribution is -2.21. The normalized spacial score (nSPS) is 15.1. The molecule has 0 aliphatic carbocycles. The Morgan fingerprint density at radius 2 is 1.62 bits per heavy atom. The highest BCUT2D eigenvalue weighted by Crippen LogP contribution is 2.25. The third kappa shape index (κ3) is 3.06. The fraction of sp³-hybridized carbons (Fsp3) is 0.571. The zero-order valence-electron chi connectivity index (χ0n) is 10.5. The molecule has 0 fully saturated rings. The third-order valence-electron chi connectivity index (χ3n) is 3.22. The SMILES string of the molecule is CCC(CN)C(O)c1ccc(C(C)C)cc1. The summed E-state index contributed by atoms with van der Waals surface area (Å²) in [5.74, 6) is 0.688. The maximum atomic E-state index is 10.1. The molecule has 0 heterocycles. The van der Waals surface area contributed by atoms with Crippen molar-refractivity contribution in [3.8, 4) is 0 Å². The lowest BCUT2D eigenvalue weighted by atomic mass is 9.92. The summed E-state index contributed by atoms with van der Waals surface area (Å²) in [7, 11) is 0. The number of benzene rings is 1. The first kappa shape index (κ1) is 13.2. The predicted molar refractivity (Wildman–Crippen MR) is 68.3 cm³/mol. The Morgan fingerprint density at radius 1 is 1.12 bits per heavy atom. The molecule has 16 heavy (non-hydrogen) atoms. The monoisotopic (exact) mass is 221 g/mol. The van der Waals surface area contributed by atoms with Gasteiger partial charge >= 0.3 is 0 Å². The molecule has 2 unspecified atom stereocenters. The number of hydrogen-bond donors (Lipinski definition) is 2. The van der Waals surface area contributed by atoms with E-state index in [-0.39, 0.29) is 5.92 Å². The van der Waals surface area contributed by atoms with Crippen LogP contribution in [0, 0.1) is 5.92 Å². The molecule has 1 aromatic rings. The van der Waals surface area contributed by atoms with Crippen molar-refractivity contribution in [2.45, 2.75) is 39.2 Å². The Balaban J connectivity index is 2.80. The molecule has 3 N–H and O–H groups in total. The van der Waals surface area contributed by atoms with E-state index in [0.717, 1.165) is 12.0 Å². The lowest BCUT2D eigenvalue weighted by Gasteiger charge is -2.20. The molecule has 2 atom stereocenters. The average molecular weight is 221 g/mol. The van der Waals surface area contributed by atoms with Crippen molar-refractivity contribution >= 4 is 0 Å². The van der Waals surface area contributed by atoms with Gasteiger partial charge in [-0.15, -0.1) is 0 Å². The van der Waals surface area contributed by atoms with Gasteiger partial charge in [0.2, 0.25) is 0 Å². The molecule has 0 spiro atoms. The van der Waals surface area contributed by atoms with E-state index in [9.17, 15) is 5.11 Å². The molecule has 1 aromatic carbocycles. The zero-order valence-corrected chi connectivity index (χ0v) is 10.5. The predicted octanol–water partition coefficient (Wildman–Crippen LogP) is 2.83. The Hall–Kier alpha value is -0.860. The van der Waals surface area contributed by atoms with Gasteiger partial charge in [0.1, 0.15) is 0 Å². The molecule has 0 amide bonds. The Morgan fingerprint density at radius 3 is 2.00 bits per heavy atom. The largest absolute Gasteiger partial charge is 0.388 e. The van der Waals surface area contributed by atoms with Crippen LogP contribution in [0.25, 0.3) is 0 Å². The minimum absolute atomic E-state index is 0.157. The summed E-state index contributed by atoms with van der Waals surface area (Å²) < 4.78 is 0. The molecular formula is C14H23NO. The van der Waals surface area contributed by atoms with Crippen LogP contribution < -0.4 is 5.73 Å². The number of aliphatic hydroxyl groups is 1. The van der Waals surface area contributed by atoms with Gasteiger partial charge in [-0.2, -0.15) is 0 Å². The zero-order chi connectivity index (χ0) is 12.1. The van der Waals surface area contributed by atoms with E-state index in [1.807, 2.05) is 12.1 Å². The van der Waals surface area contributed by atoms with E-state index in [1.54, 1.807) is 0 Å². The second-order valence-corrected chi connectivity index (χ2v) is 4.67. The Bertz CT molecular complexity index is 301. The molecule has 0 aliphatic heterocycles. The van der Waals surface area contributed by atoms with Crippen LogP contribution in [0.4, 0.5) is 0 Å². The van der Waals surface area contributed by atoms with Crippen LogP contribution in [-0.2, 0) is 0 Å². The summed E-state index contributed by atoms with van der Waals surface area (Å²) >= 11 is 0. The second kappa shape index (κ2) is 6.02. The van der Waals surface area contributed by atoms with Crippen LogP contribution in [0.15, 0.2) is 24.3 Å². The molecule has 0 saturated carbocycles. The van der Waals surface area contributed by atoms with Crippen molar-refractivity contribution in [3.05, 3.63) is 35.4 Å². The molecule has 0 bridgehead atoms. The second-order valence-electron chi connectivity index (χ2n) is 4.67. The van der Waals surface area contributed by atoms with Crippen molar-refractivity contribution in [3.63, 3.8) is 0 Å². The minimum Gasteiger partial charge on any atom is -0.388 e. The number of aliphatic hydroxyl groups excluding tert-OH is 1. The topological polar surface area (TPSA) is 46.2 Å². The summed E-state index contributed by atoms with van der Waals surface area (Å²) in [6.07, 6.45) is 0.472. The number of nitrogens with two attached hydrogens (primary N) is 1. The highest BCUT2D eigenvalue weighted by Gasteiger charge is 2.17. The van der Waals surface area contributed by atoms with E-state index in [4.69, 9.17) is 5.73 Å². The van der Waals surface area contributed by atoms with Crippen molar-refractivity contribution < 1.29 is 5.11 Å². The molecule has 0 saturated heterocycles. The van der Waals surface area contributed by atoms with Gasteiger partial charge in [-0.05, 0) is 30.0 Å². The standard InChI is InChI=1S/C14H23NO/c1-4-11(9-15)14(16)13-7-5-12(6-8-13)10(2)3/h5-8,10-11,14,16H,4,9,15H2,1-3H3. The quantitative estimate of drug-likeness (QED) is 0.803. The molecule has 0 radical (unpaired) electrons. The van der Waals surface area contributed by atoms with E-state index >= 15 is 0 Å². The van der Waals surface area contributed by atoms with Gasteiger partial charge < -0.3 is 10.8 Å². The maximum Gasteiger partial charge on any atom is 0.0830 e. The highest BCUT2D eigenvalue weighted by atomic mass is 16.3. The average Bonchev–Trinajstić information content (AvgIpc) is 2.30. The fourth-order valence-corrected chi connectivity index (χ4v) is 1.87. The van der Waals surface area contributed by atoms with Crippen LogP contribution in [0.2, 0.25) is 0 Å². The van der Waals surface area contributed by atoms with Gasteiger partial charge in [0.25, 0.3) is 0 Å².